The van der Waals surface area contributed by atoms with E-state index < -0.39 is 15.8 Å². The highest BCUT2D eigenvalue weighted by Gasteiger charge is 2.22. The molecule has 1 heterocycles. The van der Waals surface area contributed by atoms with Gasteiger partial charge in [0.25, 0.3) is 0 Å². The molecule has 112 valence electrons. The molecule has 0 saturated carbocycles. The van der Waals surface area contributed by atoms with Crippen molar-refractivity contribution in [2.45, 2.75) is 12.8 Å². The van der Waals surface area contributed by atoms with Crippen LogP contribution >= 0.6 is 0 Å². The molecule has 1 aromatic rings. The lowest BCUT2D eigenvalue weighted by Gasteiger charge is -2.22. The molecule has 7 heteroatoms. The van der Waals surface area contributed by atoms with E-state index in [0.717, 1.165) is 19.4 Å². The molecule has 0 aliphatic carbocycles. The predicted octanol–water partition coefficient (Wildman–Crippen LogP) is 1.58. The molecule has 1 unspecified atom stereocenters. The molecule has 0 bridgehead atoms. The van der Waals surface area contributed by atoms with E-state index in [4.69, 9.17) is 4.74 Å². The predicted molar refractivity (Wildman–Crippen MR) is 76.0 cm³/mol. The number of methoxy groups -OCH3 is 1. The normalized spacial score (nSPS) is 19.6. The molecule has 1 atom stereocenters. The molecule has 1 aliphatic heterocycles. The van der Waals surface area contributed by atoms with Gasteiger partial charge in [0.15, 0.2) is 0 Å². The first-order chi connectivity index (χ1) is 9.50. The molecule has 1 aliphatic rings. The molecular weight excluding hydrogens is 283 g/mol. The van der Waals surface area contributed by atoms with Crippen molar-refractivity contribution in [1.82, 2.24) is 5.32 Å². The summed E-state index contributed by atoms with van der Waals surface area (Å²) in [4.78, 5) is 0. The fourth-order valence-corrected chi connectivity index (χ4v) is 3.78. The van der Waals surface area contributed by atoms with Crippen LogP contribution in [0.4, 0.5) is 10.1 Å². The van der Waals surface area contributed by atoms with E-state index >= 15 is 0 Å². The molecule has 20 heavy (non-hydrogen) atoms. The van der Waals surface area contributed by atoms with Gasteiger partial charge in [-0.2, -0.15) is 0 Å². The zero-order valence-corrected chi connectivity index (χ0v) is 12.2. The average molecular weight is 302 g/mol. The van der Waals surface area contributed by atoms with Crippen LogP contribution in [-0.4, -0.2) is 34.4 Å². The van der Waals surface area contributed by atoms with Crippen LogP contribution in [-0.2, 0) is 10.0 Å². The van der Waals surface area contributed by atoms with Gasteiger partial charge in [0.05, 0.1) is 18.6 Å². The molecule has 1 fully saturated rings. The summed E-state index contributed by atoms with van der Waals surface area (Å²) in [6.45, 7) is 1.61. The lowest BCUT2D eigenvalue weighted by molar-refractivity contribution is 0.404. The summed E-state index contributed by atoms with van der Waals surface area (Å²) < 4.78 is 45.0. The molecule has 1 saturated heterocycles. The number of halogens is 1. The van der Waals surface area contributed by atoms with E-state index in [1.165, 1.54) is 25.3 Å². The Morgan fingerprint density at radius 2 is 2.30 bits per heavy atom. The highest BCUT2D eigenvalue weighted by molar-refractivity contribution is 7.92. The van der Waals surface area contributed by atoms with E-state index in [0.29, 0.717) is 12.3 Å². The standard InChI is InChI=1S/C13H19FN2O3S/c1-19-11-4-5-12(14)13(7-11)16-20(17,18)9-10-3-2-6-15-8-10/h4-5,7,10,15-16H,2-3,6,8-9H2,1H3. The maximum Gasteiger partial charge on any atom is 0.233 e. The van der Waals surface area contributed by atoms with E-state index in [1.807, 2.05) is 0 Å². The second kappa shape index (κ2) is 6.41. The number of rotatable bonds is 5. The van der Waals surface area contributed by atoms with Gasteiger partial charge in [0.2, 0.25) is 10.0 Å². The number of anilines is 1. The molecule has 0 radical (unpaired) electrons. The highest BCUT2D eigenvalue weighted by Crippen LogP contribution is 2.23. The molecule has 0 aromatic heterocycles. The van der Waals surface area contributed by atoms with Crippen molar-refractivity contribution in [3.63, 3.8) is 0 Å². The average Bonchev–Trinajstić information content (AvgIpc) is 2.41. The Kier molecular flexibility index (Phi) is 4.82. The van der Waals surface area contributed by atoms with Gasteiger partial charge in [-0.25, -0.2) is 12.8 Å². The first-order valence-electron chi connectivity index (χ1n) is 6.55. The number of ether oxygens (including phenoxy) is 1. The Morgan fingerprint density at radius 3 is 2.95 bits per heavy atom. The molecule has 0 amide bonds. The van der Waals surface area contributed by atoms with Crippen LogP contribution in [0.25, 0.3) is 0 Å². The molecule has 2 N–H and O–H groups in total. The summed E-state index contributed by atoms with van der Waals surface area (Å²) in [5.74, 6) is -0.147. The molecule has 5 nitrogen and oxygen atoms in total. The van der Waals surface area contributed by atoms with Crippen LogP contribution in [0.2, 0.25) is 0 Å². The van der Waals surface area contributed by atoms with Crippen molar-refractivity contribution in [3.05, 3.63) is 24.0 Å². The van der Waals surface area contributed by atoms with Gasteiger partial charge in [-0.15, -0.1) is 0 Å². The van der Waals surface area contributed by atoms with E-state index in [1.54, 1.807) is 0 Å². The lowest BCUT2D eigenvalue weighted by Crippen LogP contribution is -2.35. The van der Waals surface area contributed by atoms with Crippen molar-refractivity contribution in [3.8, 4) is 5.75 Å². The summed E-state index contributed by atoms with van der Waals surface area (Å²) in [6, 6.07) is 3.96. The number of benzene rings is 1. The summed E-state index contributed by atoms with van der Waals surface area (Å²) in [5, 5.41) is 3.16. The SMILES string of the molecule is COc1ccc(F)c(NS(=O)(=O)CC2CCCNC2)c1. The number of hydrogen-bond donors (Lipinski definition) is 2. The van der Waals surface area contributed by atoms with Gasteiger partial charge in [0, 0.05) is 6.07 Å². The van der Waals surface area contributed by atoms with Gasteiger partial charge in [-0.05, 0) is 44.0 Å². The molecular formula is C13H19FN2O3S. The fraction of sp³-hybridized carbons (Fsp3) is 0.538. The Bertz CT molecular complexity index is 557. The minimum Gasteiger partial charge on any atom is -0.497 e. The Hall–Kier alpha value is -1.34. The minimum absolute atomic E-state index is 0.00332. The van der Waals surface area contributed by atoms with Crippen LogP contribution in [0.3, 0.4) is 0 Å². The third-order valence-electron chi connectivity index (χ3n) is 3.29. The molecule has 1 aromatic carbocycles. The topological polar surface area (TPSA) is 67.4 Å². The Morgan fingerprint density at radius 1 is 1.50 bits per heavy atom. The van der Waals surface area contributed by atoms with Gasteiger partial charge in [0.1, 0.15) is 11.6 Å². The highest BCUT2D eigenvalue weighted by atomic mass is 32.2. The third kappa shape index (κ3) is 4.08. The van der Waals surface area contributed by atoms with E-state index in [2.05, 4.69) is 10.0 Å². The van der Waals surface area contributed by atoms with Gasteiger partial charge in [-0.1, -0.05) is 0 Å². The van der Waals surface area contributed by atoms with Gasteiger partial charge < -0.3 is 10.1 Å². The van der Waals surface area contributed by atoms with Crippen LogP contribution in [0.15, 0.2) is 18.2 Å². The fourth-order valence-electron chi connectivity index (χ4n) is 2.30. The first-order valence-corrected chi connectivity index (χ1v) is 8.20. The lowest BCUT2D eigenvalue weighted by atomic mass is 10.0. The second-order valence-corrected chi connectivity index (χ2v) is 6.71. The second-order valence-electron chi connectivity index (χ2n) is 4.94. The van der Waals surface area contributed by atoms with E-state index in [9.17, 15) is 12.8 Å². The van der Waals surface area contributed by atoms with Crippen LogP contribution in [0, 0.1) is 11.7 Å². The number of nitrogens with one attached hydrogen (secondary N) is 2. The molecule has 2 rings (SSSR count). The number of piperidine rings is 1. The quantitative estimate of drug-likeness (QED) is 0.866. The van der Waals surface area contributed by atoms with E-state index in [-0.39, 0.29) is 17.4 Å². The zero-order chi connectivity index (χ0) is 14.6. The van der Waals surface area contributed by atoms with Crippen LogP contribution in [0.5, 0.6) is 5.75 Å². The summed E-state index contributed by atoms with van der Waals surface area (Å²) in [5.41, 5.74) is -0.0758. The zero-order valence-electron chi connectivity index (χ0n) is 11.4. The van der Waals surface area contributed by atoms with Gasteiger partial charge >= 0.3 is 0 Å². The molecule has 0 spiro atoms. The Balaban J connectivity index is 2.07. The van der Waals surface area contributed by atoms with Gasteiger partial charge in [-0.3, -0.25) is 4.72 Å². The van der Waals surface area contributed by atoms with Crippen molar-refractivity contribution < 1.29 is 17.5 Å². The summed E-state index contributed by atoms with van der Waals surface area (Å²) in [6.07, 6.45) is 1.84. The first kappa shape index (κ1) is 15.1. The van der Waals surface area contributed by atoms with Crippen LogP contribution in [0.1, 0.15) is 12.8 Å². The number of sulfonamides is 1. The van der Waals surface area contributed by atoms with Crippen molar-refractivity contribution in [1.29, 1.82) is 0 Å². The van der Waals surface area contributed by atoms with Crippen molar-refractivity contribution in [2.75, 3.05) is 30.7 Å². The maximum atomic E-state index is 13.6. The minimum atomic E-state index is -3.57. The number of hydrogen-bond acceptors (Lipinski definition) is 4. The Labute approximate surface area is 118 Å². The smallest absolute Gasteiger partial charge is 0.233 e. The maximum absolute atomic E-state index is 13.6. The largest absolute Gasteiger partial charge is 0.497 e. The monoisotopic (exact) mass is 302 g/mol. The van der Waals surface area contributed by atoms with Crippen molar-refractivity contribution in [2.24, 2.45) is 5.92 Å². The van der Waals surface area contributed by atoms with Crippen molar-refractivity contribution >= 4 is 15.7 Å². The summed E-state index contributed by atoms with van der Waals surface area (Å²) >= 11 is 0. The third-order valence-corrected chi connectivity index (χ3v) is 4.73. The summed E-state index contributed by atoms with van der Waals surface area (Å²) in [7, 11) is -2.12. The van der Waals surface area contributed by atoms with Crippen LogP contribution < -0.4 is 14.8 Å².